The van der Waals surface area contributed by atoms with Crippen LogP contribution in [-0.4, -0.2) is 61.7 Å². The van der Waals surface area contributed by atoms with E-state index in [4.69, 9.17) is 0 Å². The molecule has 0 spiro atoms. The molecule has 122 valence electrons. The molecule has 3 unspecified atom stereocenters. The average Bonchev–Trinajstić information content (AvgIpc) is 2.77. The Morgan fingerprint density at radius 2 is 1.90 bits per heavy atom. The van der Waals surface area contributed by atoms with Crippen LogP contribution in [0.15, 0.2) is 0 Å². The predicted molar refractivity (Wildman–Crippen MR) is 89.6 cm³/mol. The van der Waals surface area contributed by atoms with Gasteiger partial charge in [0, 0.05) is 25.2 Å². The maximum atomic E-state index is 3.61. The molecule has 0 radical (unpaired) electrons. The Balaban J connectivity index is 1.60. The van der Waals surface area contributed by atoms with Crippen molar-refractivity contribution in [2.24, 2.45) is 11.3 Å². The molecule has 3 fully saturated rings. The van der Waals surface area contributed by atoms with Crippen LogP contribution in [0.3, 0.4) is 0 Å². The molecular weight excluding hydrogens is 258 g/mol. The van der Waals surface area contributed by atoms with Gasteiger partial charge in [0.25, 0.3) is 0 Å². The highest BCUT2D eigenvalue weighted by molar-refractivity contribution is 4.92. The van der Waals surface area contributed by atoms with Gasteiger partial charge in [0.05, 0.1) is 0 Å². The molecule has 0 aromatic heterocycles. The van der Waals surface area contributed by atoms with Gasteiger partial charge in [0.15, 0.2) is 0 Å². The van der Waals surface area contributed by atoms with Gasteiger partial charge in [0.2, 0.25) is 0 Å². The Bertz CT molecular complexity index is 341. The van der Waals surface area contributed by atoms with Crippen LogP contribution in [0.5, 0.6) is 0 Å². The highest BCUT2D eigenvalue weighted by Crippen LogP contribution is 2.39. The molecule has 0 aromatic carbocycles. The topological polar surface area (TPSA) is 18.5 Å². The van der Waals surface area contributed by atoms with Crippen molar-refractivity contribution >= 4 is 0 Å². The van der Waals surface area contributed by atoms with Gasteiger partial charge >= 0.3 is 0 Å². The maximum Gasteiger partial charge on any atom is 0.0223 e. The van der Waals surface area contributed by atoms with Crippen molar-refractivity contribution in [3.8, 4) is 0 Å². The Hall–Kier alpha value is -0.120. The summed E-state index contributed by atoms with van der Waals surface area (Å²) in [6.07, 6.45) is 8.36. The second-order valence-electron chi connectivity index (χ2n) is 8.51. The summed E-state index contributed by atoms with van der Waals surface area (Å²) < 4.78 is 0. The first-order valence-electron chi connectivity index (χ1n) is 9.21. The van der Waals surface area contributed by atoms with Gasteiger partial charge in [-0.2, -0.15) is 0 Å². The Labute approximate surface area is 131 Å². The fraction of sp³-hybridized carbons (Fsp3) is 1.00. The predicted octanol–water partition coefficient (Wildman–Crippen LogP) is 2.57. The minimum absolute atomic E-state index is 0.545. The Morgan fingerprint density at radius 3 is 2.71 bits per heavy atom. The molecule has 1 saturated carbocycles. The first kappa shape index (κ1) is 15.8. The minimum atomic E-state index is 0.545. The zero-order valence-electron chi connectivity index (χ0n) is 14.4. The van der Waals surface area contributed by atoms with E-state index in [2.05, 4.69) is 36.0 Å². The van der Waals surface area contributed by atoms with Crippen LogP contribution in [0.1, 0.15) is 52.4 Å². The van der Waals surface area contributed by atoms with Gasteiger partial charge in [-0.25, -0.2) is 0 Å². The molecule has 21 heavy (non-hydrogen) atoms. The van der Waals surface area contributed by atoms with E-state index in [0.29, 0.717) is 5.41 Å². The second-order valence-corrected chi connectivity index (χ2v) is 8.51. The van der Waals surface area contributed by atoms with Gasteiger partial charge in [-0.1, -0.05) is 13.8 Å². The number of hydrogen-bond acceptors (Lipinski definition) is 3. The molecule has 0 aromatic rings. The normalized spacial score (nSPS) is 38.1. The zero-order valence-corrected chi connectivity index (χ0v) is 14.4. The summed E-state index contributed by atoms with van der Waals surface area (Å²) in [6.45, 7) is 11.6. The molecule has 1 aliphatic carbocycles. The highest BCUT2D eigenvalue weighted by atomic mass is 15.3. The summed E-state index contributed by atoms with van der Waals surface area (Å²) in [7, 11) is 2.16. The smallest absolute Gasteiger partial charge is 0.0223 e. The van der Waals surface area contributed by atoms with Crippen molar-refractivity contribution in [3.63, 3.8) is 0 Å². The van der Waals surface area contributed by atoms with Gasteiger partial charge in [0.1, 0.15) is 0 Å². The van der Waals surface area contributed by atoms with Crippen LogP contribution in [0.2, 0.25) is 0 Å². The molecule has 0 amide bonds. The molecule has 3 aliphatic rings. The molecule has 2 saturated heterocycles. The van der Waals surface area contributed by atoms with E-state index in [-0.39, 0.29) is 0 Å². The third-order valence-electron chi connectivity index (χ3n) is 6.27. The van der Waals surface area contributed by atoms with Crippen LogP contribution >= 0.6 is 0 Å². The minimum Gasteiger partial charge on any atom is -0.317 e. The van der Waals surface area contributed by atoms with Crippen LogP contribution < -0.4 is 5.32 Å². The molecule has 3 rings (SSSR count). The van der Waals surface area contributed by atoms with Crippen molar-refractivity contribution in [1.29, 1.82) is 0 Å². The molecule has 3 atom stereocenters. The van der Waals surface area contributed by atoms with Crippen molar-refractivity contribution < 1.29 is 0 Å². The van der Waals surface area contributed by atoms with E-state index in [0.717, 1.165) is 18.0 Å². The van der Waals surface area contributed by atoms with E-state index >= 15 is 0 Å². The fourth-order valence-electron chi connectivity index (χ4n) is 5.09. The summed E-state index contributed by atoms with van der Waals surface area (Å²) in [5, 5.41) is 3.61. The van der Waals surface area contributed by atoms with Crippen LogP contribution in [0.4, 0.5) is 0 Å². The van der Waals surface area contributed by atoms with E-state index in [9.17, 15) is 0 Å². The van der Waals surface area contributed by atoms with Crippen molar-refractivity contribution in [1.82, 2.24) is 15.1 Å². The molecule has 3 nitrogen and oxygen atoms in total. The largest absolute Gasteiger partial charge is 0.317 e. The van der Waals surface area contributed by atoms with Gasteiger partial charge in [-0.3, -0.25) is 4.90 Å². The summed E-state index contributed by atoms with van der Waals surface area (Å²) in [5.41, 5.74) is 0.545. The lowest BCUT2D eigenvalue weighted by Crippen LogP contribution is -2.47. The third kappa shape index (κ3) is 3.80. The first-order chi connectivity index (χ1) is 10.1. The van der Waals surface area contributed by atoms with Crippen LogP contribution in [0, 0.1) is 11.3 Å². The van der Waals surface area contributed by atoms with Crippen LogP contribution in [0.25, 0.3) is 0 Å². The zero-order chi connectivity index (χ0) is 14.9. The summed E-state index contributed by atoms with van der Waals surface area (Å²) >= 11 is 0. The van der Waals surface area contributed by atoms with Gasteiger partial charge in [-0.05, 0) is 76.5 Å². The Morgan fingerprint density at radius 1 is 1.10 bits per heavy atom. The third-order valence-corrected chi connectivity index (χ3v) is 6.27. The van der Waals surface area contributed by atoms with Crippen LogP contribution in [-0.2, 0) is 0 Å². The highest BCUT2D eigenvalue weighted by Gasteiger charge is 2.36. The van der Waals surface area contributed by atoms with Gasteiger partial charge < -0.3 is 10.2 Å². The summed E-state index contributed by atoms with van der Waals surface area (Å²) in [6, 6.07) is 1.60. The summed E-state index contributed by atoms with van der Waals surface area (Å²) in [4.78, 5) is 5.55. The van der Waals surface area contributed by atoms with E-state index in [1.54, 1.807) is 0 Å². The van der Waals surface area contributed by atoms with Crippen molar-refractivity contribution in [2.75, 3.05) is 39.8 Å². The molecule has 0 bridgehead atoms. The monoisotopic (exact) mass is 293 g/mol. The average molecular weight is 293 g/mol. The molecule has 3 heteroatoms. The first-order valence-corrected chi connectivity index (χ1v) is 9.21. The number of nitrogens with zero attached hydrogens (tertiary/aromatic N) is 2. The van der Waals surface area contributed by atoms with Crippen molar-refractivity contribution in [2.45, 2.75) is 64.5 Å². The SMILES string of the molecule is CNC1CCC(C)(C)CC1CN1CCCN2CCCC2C1. The number of fused-ring (bicyclic) bond motifs is 1. The Kier molecular flexibility index (Phi) is 4.92. The maximum absolute atomic E-state index is 3.61. The molecule has 1 N–H and O–H groups in total. The van der Waals surface area contributed by atoms with E-state index in [1.165, 1.54) is 71.2 Å². The van der Waals surface area contributed by atoms with Gasteiger partial charge in [-0.15, -0.1) is 0 Å². The van der Waals surface area contributed by atoms with E-state index in [1.807, 2.05) is 0 Å². The number of rotatable bonds is 3. The number of nitrogens with one attached hydrogen (secondary N) is 1. The lowest BCUT2D eigenvalue weighted by atomic mass is 9.69. The van der Waals surface area contributed by atoms with E-state index < -0.39 is 0 Å². The quantitative estimate of drug-likeness (QED) is 0.863. The van der Waals surface area contributed by atoms with Crippen molar-refractivity contribution in [3.05, 3.63) is 0 Å². The lowest BCUT2D eigenvalue weighted by Gasteiger charge is -2.43. The summed E-state index contributed by atoms with van der Waals surface area (Å²) in [5.74, 6) is 0.840. The number of hydrogen-bond donors (Lipinski definition) is 1. The second kappa shape index (κ2) is 6.55. The molecular formula is C18H35N3. The molecule has 2 heterocycles. The molecule has 2 aliphatic heterocycles. The standard InChI is InChI=1S/C18H35N3/c1-18(2)8-7-17(19-3)15(12-18)13-20-9-5-11-21-10-4-6-16(21)14-20/h15-17,19H,4-14H2,1-3H3. The lowest BCUT2D eigenvalue weighted by molar-refractivity contribution is 0.0994. The fourth-order valence-corrected chi connectivity index (χ4v) is 5.09.